The fourth-order valence-corrected chi connectivity index (χ4v) is 5.93. The number of halogens is 4. The summed E-state index contributed by atoms with van der Waals surface area (Å²) in [6.07, 6.45) is 6.06. The molecule has 2 atom stereocenters. The monoisotopic (exact) mass is 726 g/mol. The number of aliphatic hydroxyl groups excluding tert-OH is 1. The maximum Gasteiger partial charge on any atom is 0.253 e. The molecule has 13 heteroatoms. The maximum atomic E-state index is 14.3. The van der Waals surface area contributed by atoms with E-state index in [4.69, 9.17) is 23.2 Å². The van der Waals surface area contributed by atoms with Gasteiger partial charge in [-0.3, -0.25) is 9.59 Å². The Hall–Kier alpha value is -4.11. The first-order chi connectivity index (χ1) is 21.8. The normalized spacial score (nSPS) is 20.5. The topological polar surface area (TPSA) is 130 Å². The Kier molecular flexibility index (Phi) is 9.63. The van der Waals surface area contributed by atoms with Crippen molar-refractivity contribution in [2.45, 2.75) is 50.2 Å². The predicted octanol–water partition coefficient (Wildman–Crippen LogP) is 6.38. The number of anilines is 1. The van der Waals surface area contributed by atoms with E-state index in [1.54, 1.807) is 55.6 Å². The van der Waals surface area contributed by atoms with Gasteiger partial charge < -0.3 is 26.0 Å². The summed E-state index contributed by atoms with van der Waals surface area (Å²) >= 11 is 15.5. The molecule has 3 aromatic rings. The Morgan fingerprint density at radius 2 is 1.89 bits per heavy atom. The summed E-state index contributed by atoms with van der Waals surface area (Å²) in [5.74, 6) is -1.79. The molecule has 1 saturated carbocycles. The van der Waals surface area contributed by atoms with Gasteiger partial charge in [-0.1, -0.05) is 47.5 Å². The zero-order valence-corrected chi connectivity index (χ0v) is 28.0. The van der Waals surface area contributed by atoms with E-state index in [9.17, 15) is 24.3 Å². The van der Waals surface area contributed by atoms with Crippen LogP contribution in [0.3, 0.4) is 0 Å². The largest absolute Gasteiger partial charge is 0.493 e. The Balaban J connectivity index is 1.45. The van der Waals surface area contributed by atoms with E-state index in [0.29, 0.717) is 23.0 Å². The molecule has 46 heavy (non-hydrogen) atoms. The highest BCUT2D eigenvalue weighted by Gasteiger charge is 2.51. The van der Waals surface area contributed by atoms with Gasteiger partial charge in [-0.2, -0.15) is 5.26 Å². The van der Waals surface area contributed by atoms with Crippen LogP contribution in [0.4, 0.5) is 10.1 Å². The molecule has 2 heterocycles. The third-order valence-electron chi connectivity index (χ3n) is 8.02. The minimum absolute atomic E-state index is 0.0446. The fraction of sp³-hybridized carbons (Fsp3) is 0.273. The third-order valence-corrected chi connectivity index (χ3v) is 9.04. The number of allylic oxidation sites excluding steroid dienone is 1. The minimum Gasteiger partial charge on any atom is -0.493 e. The molecule has 1 aromatic heterocycles. The quantitative estimate of drug-likeness (QED) is 0.120. The van der Waals surface area contributed by atoms with Crippen LogP contribution in [0.5, 0.6) is 0 Å². The predicted molar refractivity (Wildman–Crippen MR) is 178 cm³/mol. The number of amides is 2. The molecule has 4 N–H and O–H groups in total. The standard InChI is InChI=1S/C33H30BrCl2FN6O3/c1-19(22-9-10-27(34)39-18-22)40-30(45)33(11-12-33)42-29(44)26-4-3-13-43(23-14-24(35)28(37)25(36)15-23)31(46)32(2,41-26)16-20-5-7-21(17-38)8-6-20/h3-10,14-15,18-19,41-42,44H,11-13,16H2,1-2H3,(H,40,45). The van der Waals surface area contributed by atoms with E-state index < -0.39 is 22.8 Å². The van der Waals surface area contributed by atoms with Crippen LogP contribution in [0.25, 0.3) is 0 Å². The molecule has 0 spiro atoms. The van der Waals surface area contributed by atoms with Crippen molar-refractivity contribution in [1.29, 1.82) is 5.26 Å². The maximum absolute atomic E-state index is 14.3. The number of carbonyl (C=O) groups is 2. The van der Waals surface area contributed by atoms with Gasteiger partial charge in [-0.15, -0.1) is 0 Å². The molecular formula is C33H30BrCl2FN6O3. The van der Waals surface area contributed by atoms with Crippen LogP contribution >= 0.6 is 39.1 Å². The van der Waals surface area contributed by atoms with Gasteiger partial charge in [0.05, 0.1) is 33.4 Å². The zero-order chi connectivity index (χ0) is 33.2. The van der Waals surface area contributed by atoms with Crippen molar-refractivity contribution in [3.8, 4) is 6.07 Å². The number of benzene rings is 2. The van der Waals surface area contributed by atoms with E-state index >= 15 is 0 Å². The molecule has 0 saturated heterocycles. The van der Waals surface area contributed by atoms with Crippen LogP contribution in [0.15, 0.2) is 83.1 Å². The van der Waals surface area contributed by atoms with Crippen LogP contribution in [0.2, 0.25) is 10.0 Å². The van der Waals surface area contributed by atoms with Crippen LogP contribution in [-0.2, 0) is 16.0 Å². The molecule has 238 valence electrons. The van der Waals surface area contributed by atoms with Crippen molar-refractivity contribution in [2.75, 3.05) is 11.4 Å². The fourth-order valence-electron chi connectivity index (χ4n) is 5.22. The van der Waals surface area contributed by atoms with Crippen molar-refractivity contribution in [3.63, 3.8) is 0 Å². The van der Waals surface area contributed by atoms with E-state index in [0.717, 1.165) is 11.1 Å². The summed E-state index contributed by atoms with van der Waals surface area (Å²) in [4.78, 5) is 33.3. The van der Waals surface area contributed by atoms with E-state index in [1.807, 2.05) is 13.0 Å². The second kappa shape index (κ2) is 13.3. The van der Waals surface area contributed by atoms with Crippen molar-refractivity contribution >= 4 is 56.6 Å². The summed E-state index contributed by atoms with van der Waals surface area (Å²) in [6, 6.07) is 14.9. The molecule has 2 unspecified atom stereocenters. The van der Waals surface area contributed by atoms with Gasteiger partial charge in [0.15, 0.2) is 5.82 Å². The second-order valence-corrected chi connectivity index (χ2v) is 13.2. The van der Waals surface area contributed by atoms with E-state index in [2.05, 4.69) is 42.9 Å². The number of carbonyl (C=O) groups excluding carboxylic acids is 2. The smallest absolute Gasteiger partial charge is 0.253 e. The first kappa shape index (κ1) is 33.3. The Morgan fingerprint density at radius 1 is 1.22 bits per heavy atom. The van der Waals surface area contributed by atoms with Crippen LogP contribution in [0.1, 0.15) is 49.4 Å². The molecule has 1 fully saturated rings. The lowest BCUT2D eigenvalue weighted by Gasteiger charge is -2.38. The lowest BCUT2D eigenvalue weighted by Crippen LogP contribution is -2.58. The number of hydrogen-bond donors (Lipinski definition) is 4. The Bertz CT molecular complexity index is 1750. The molecule has 0 bridgehead atoms. The van der Waals surface area contributed by atoms with Crippen LogP contribution < -0.4 is 20.9 Å². The van der Waals surface area contributed by atoms with E-state index in [-0.39, 0.29) is 52.2 Å². The average Bonchev–Trinajstić information content (AvgIpc) is 3.81. The van der Waals surface area contributed by atoms with Crippen molar-refractivity contribution in [2.24, 2.45) is 0 Å². The number of nitriles is 1. The SMILES string of the molecule is CC(NC(=O)C1(NC(O)=C2C=CCN(c3cc(Cl)c(F)c(Cl)c3)C(=O)C(C)(Cc3ccc(C#N)cc3)N2)CC1)c1ccc(Br)nc1. The van der Waals surface area contributed by atoms with Crippen LogP contribution in [-0.4, -0.2) is 39.5 Å². The molecule has 2 aromatic carbocycles. The zero-order valence-electron chi connectivity index (χ0n) is 24.9. The summed E-state index contributed by atoms with van der Waals surface area (Å²) in [5.41, 5.74) is 0.105. The number of aromatic nitrogens is 1. The van der Waals surface area contributed by atoms with Gasteiger partial charge in [0.1, 0.15) is 15.7 Å². The minimum atomic E-state index is -1.38. The molecule has 1 aliphatic carbocycles. The average molecular weight is 728 g/mol. The first-order valence-electron chi connectivity index (χ1n) is 14.4. The van der Waals surface area contributed by atoms with Gasteiger partial charge in [0, 0.05) is 24.8 Å². The molecule has 0 radical (unpaired) electrons. The summed E-state index contributed by atoms with van der Waals surface area (Å²) < 4.78 is 14.9. The molecule has 2 aliphatic rings. The van der Waals surface area contributed by atoms with Gasteiger partial charge in [-0.25, -0.2) is 9.37 Å². The number of rotatable bonds is 8. The number of hydrogen-bond acceptors (Lipinski definition) is 7. The highest BCUT2D eigenvalue weighted by molar-refractivity contribution is 9.10. The van der Waals surface area contributed by atoms with Crippen LogP contribution in [0, 0.1) is 17.1 Å². The van der Waals surface area contributed by atoms with Gasteiger partial charge >= 0.3 is 0 Å². The summed E-state index contributed by atoms with van der Waals surface area (Å²) in [6.45, 7) is 3.57. The molecular weight excluding hydrogens is 698 g/mol. The highest BCUT2D eigenvalue weighted by Crippen LogP contribution is 2.38. The number of nitrogens with one attached hydrogen (secondary N) is 3. The Labute approximate surface area is 284 Å². The molecule has 5 rings (SSSR count). The third kappa shape index (κ3) is 7.15. The number of pyridine rings is 1. The molecule has 9 nitrogen and oxygen atoms in total. The number of aliphatic hydroxyl groups is 1. The van der Waals surface area contributed by atoms with Crippen molar-refractivity contribution in [1.82, 2.24) is 20.9 Å². The van der Waals surface area contributed by atoms with Gasteiger partial charge in [-0.05, 0) is 90.2 Å². The van der Waals surface area contributed by atoms with Crippen molar-refractivity contribution < 1.29 is 19.1 Å². The Morgan fingerprint density at radius 3 is 2.48 bits per heavy atom. The van der Waals surface area contributed by atoms with Crippen molar-refractivity contribution in [3.05, 3.63) is 116 Å². The highest BCUT2D eigenvalue weighted by atomic mass is 79.9. The second-order valence-electron chi connectivity index (χ2n) is 11.6. The molecule has 1 aliphatic heterocycles. The van der Waals surface area contributed by atoms with Gasteiger partial charge in [0.2, 0.25) is 11.8 Å². The number of nitrogens with zero attached hydrogens (tertiary/aromatic N) is 3. The first-order valence-corrected chi connectivity index (χ1v) is 15.9. The molecule has 2 amide bonds. The van der Waals surface area contributed by atoms with E-state index in [1.165, 1.54) is 17.0 Å². The summed E-state index contributed by atoms with van der Waals surface area (Å²) in [7, 11) is 0. The van der Waals surface area contributed by atoms with Gasteiger partial charge in [0.25, 0.3) is 5.91 Å². The lowest BCUT2D eigenvalue weighted by molar-refractivity contribution is -0.125. The lowest BCUT2D eigenvalue weighted by atomic mass is 9.89. The summed E-state index contributed by atoms with van der Waals surface area (Å²) in [5, 5.41) is 29.3.